The van der Waals surface area contributed by atoms with E-state index in [0.717, 1.165) is 16.0 Å². The SMILES string of the molecule is Cc1cc(Oc2ccc(C3SCCS3)cc2)n2nc(C(F)(F)F)nc2n1. The fourth-order valence-corrected chi connectivity index (χ4v) is 5.37. The van der Waals surface area contributed by atoms with E-state index in [1.807, 2.05) is 35.7 Å². The molecular weight excluding hydrogens is 385 g/mol. The Balaban J connectivity index is 1.64. The first-order valence-corrected chi connectivity index (χ1v) is 9.82. The molecule has 1 saturated heterocycles. The van der Waals surface area contributed by atoms with E-state index in [1.54, 1.807) is 19.1 Å². The van der Waals surface area contributed by atoms with Gasteiger partial charge in [0.2, 0.25) is 5.88 Å². The lowest BCUT2D eigenvalue weighted by Gasteiger charge is -2.11. The Bertz CT molecular complexity index is 937. The maximum Gasteiger partial charge on any atom is 0.453 e. The monoisotopic (exact) mass is 398 g/mol. The van der Waals surface area contributed by atoms with E-state index in [-0.39, 0.29) is 11.7 Å². The molecule has 136 valence electrons. The van der Waals surface area contributed by atoms with Crippen molar-refractivity contribution in [2.24, 2.45) is 0 Å². The molecule has 0 unspecified atom stereocenters. The van der Waals surface area contributed by atoms with Crippen molar-refractivity contribution < 1.29 is 17.9 Å². The average molecular weight is 398 g/mol. The summed E-state index contributed by atoms with van der Waals surface area (Å²) in [7, 11) is 0. The molecule has 5 nitrogen and oxygen atoms in total. The van der Waals surface area contributed by atoms with Crippen molar-refractivity contribution in [3.63, 3.8) is 0 Å². The molecule has 1 aliphatic rings. The maximum absolute atomic E-state index is 12.9. The van der Waals surface area contributed by atoms with Crippen molar-refractivity contribution in [1.29, 1.82) is 0 Å². The predicted octanol–water partition coefficient (Wildman–Crippen LogP) is 4.72. The molecule has 1 aromatic carbocycles. The van der Waals surface area contributed by atoms with Gasteiger partial charge in [-0.15, -0.1) is 28.6 Å². The van der Waals surface area contributed by atoms with Crippen LogP contribution in [0.2, 0.25) is 0 Å². The molecule has 0 aliphatic carbocycles. The highest BCUT2D eigenvalue weighted by Crippen LogP contribution is 2.45. The molecule has 1 fully saturated rings. The summed E-state index contributed by atoms with van der Waals surface area (Å²) < 4.78 is 45.7. The van der Waals surface area contributed by atoms with Crippen LogP contribution >= 0.6 is 23.5 Å². The van der Waals surface area contributed by atoms with E-state index in [2.05, 4.69) is 15.1 Å². The van der Waals surface area contributed by atoms with E-state index in [1.165, 1.54) is 11.6 Å². The first-order chi connectivity index (χ1) is 12.4. The fraction of sp³-hybridized carbons (Fsp3) is 0.312. The molecule has 0 saturated carbocycles. The summed E-state index contributed by atoms with van der Waals surface area (Å²) in [4.78, 5) is 7.43. The van der Waals surface area contributed by atoms with Gasteiger partial charge in [0.05, 0.1) is 4.58 Å². The molecular formula is C16H13F3N4OS2. The molecule has 0 atom stereocenters. The second kappa shape index (κ2) is 6.66. The van der Waals surface area contributed by atoms with Crippen molar-refractivity contribution in [3.8, 4) is 11.6 Å². The van der Waals surface area contributed by atoms with E-state index in [9.17, 15) is 13.2 Å². The average Bonchev–Trinajstić information content (AvgIpc) is 3.24. The summed E-state index contributed by atoms with van der Waals surface area (Å²) in [5.74, 6) is 1.52. The third-order valence-corrected chi connectivity index (χ3v) is 6.76. The Kier molecular flexibility index (Phi) is 4.47. The highest BCUT2D eigenvalue weighted by molar-refractivity contribution is 8.19. The van der Waals surface area contributed by atoms with Crippen LogP contribution in [0.25, 0.3) is 5.78 Å². The van der Waals surface area contributed by atoms with E-state index >= 15 is 0 Å². The summed E-state index contributed by atoms with van der Waals surface area (Å²) in [6, 6.07) is 9.08. The number of halogens is 3. The highest BCUT2D eigenvalue weighted by atomic mass is 32.2. The Hall–Kier alpha value is -1.94. The Morgan fingerprint density at radius 3 is 2.46 bits per heavy atom. The molecule has 3 aromatic rings. The van der Waals surface area contributed by atoms with Crippen molar-refractivity contribution in [2.45, 2.75) is 17.7 Å². The van der Waals surface area contributed by atoms with Gasteiger partial charge in [-0.05, 0) is 24.6 Å². The minimum Gasteiger partial charge on any atom is -0.439 e. The number of hydrogen-bond acceptors (Lipinski definition) is 6. The second-order valence-electron chi connectivity index (χ2n) is 5.63. The zero-order chi connectivity index (χ0) is 18.3. The number of ether oxygens (including phenoxy) is 1. The van der Waals surface area contributed by atoms with Gasteiger partial charge in [-0.1, -0.05) is 12.1 Å². The van der Waals surface area contributed by atoms with Crippen molar-refractivity contribution in [1.82, 2.24) is 19.6 Å². The number of aryl methyl sites for hydroxylation is 1. The van der Waals surface area contributed by atoms with Gasteiger partial charge in [-0.25, -0.2) is 4.98 Å². The lowest BCUT2D eigenvalue weighted by Crippen LogP contribution is -2.07. The fourth-order valence-electron chi connectivity index (χ4n) is 2.51. The number of nitrogens with zero attached hydrogens (tertiary/aromatic N) is 4. The second-order valence-corrected chi connectivity index (χ2v) is 8.35. The van der Waals surface area contributed by atoms with Crippen LogP contribution in [0.5, 0.6) is 11.6 Å². The van der Waals surface area contributed by atoms with Crippen LogP contribution in [0.1, 0.15) is 21.7 Å². The Morgan fingerprint density at radius 1 is 1.12 bits per heavy atom. The minimum atomic E-state index is -4.64. The molecule has 4 rings (SSSR count). The zero-order valence-electron chi connectivity index (χ0n) is 13.5. The van der Waals surface area contributed by atoms with Gasteiger partial charge >= 0.3 is 6.18 Å². The van der Waals surface area contributed by atoms with Gasteiger partial charge < -0.3 is 4.74 Å². The van der Waals surface area contributed by atoms with Crippen LogP contribution in [0.15, 0.2) is 30.3 Å². The largest absolute Gasteiger partial charge is 0.453 e. The predicted molar refractivity (Wildman–Crippen MR) is 94.7 cm³/mol. The van der Waals surface area contributed by atoms with Gasteiger partial charge in [-0.2, -0.15) is 22.7 Å². The first kappa shape index (κ1) is 17.5. The van der Waals surface area contributed by atoms with Crippen molar-refractivity contribution in [2.75, 3.05) is 11.5 Å². The lowest BCUT2D eigenvalue weighted by atomic mass is 10.2. The van der Waals surface area contributed by atoms with Gasteiger partial charge in [0, 0.05) is 23.3 Å². The van der Waals surface area contributed by atoms with Crippen LogP contribution in [0, 0.1) is 6.92 Å². The summed E-state index contributed by atoms with van der Waals surface area (Å²) in [6.45, 7) is 1.66. The molecule has 0 radical (unpaired) electrons. The Morgan fingerprint density at radius 2 is 1.81 bits per heavy atom. The minimum absolute atomic E-state index is 0.132. The van der Waals surface area contributed by atoms with Crippen LogP contribution < -0.4 is 4.74 Å². The summed E-state index contributed by atoms with van der Waals surface area (Å²) >= 11 is 3.80. The smallest absolute Gasteiger partial charge is 0.439 e. The number of aromatic nitrogens is 4. The topological polar surface area (TPSA) is 52.3 Å². The highest BCUT2D eigenvalue weighted by Gasteiger charge is 2.37. The third-order valence-electron chi connectivity index (χ3n) is 3.66. The molecule has 1 aliphatic heterocycles. The first-order valence-electron chi connectivity index (χ1n) is 7.73. The summed E-state index contributed by atoms with van der Waals surface area (Å²) in [5, 5.41) is 3.49. The molecule has 0 amide bonds. The van der Waals surface area contributed by atoms with Gasteiger partial charge in [0.1, 0.15) is 5.75 Å². The quantitative estimate of drug-likeness (QED) is 0.636. The number of hydrogen-bond donors (Lipinski definition) is 0. The zero-order valence-corrected chi connectivity index (χ0v) is 15.2. The van der Waals surface area contributed by atoms with Crippen molar-refractivity contribution in [3.05, 3.63) is 47.4 Å². The molecule has 2 aromatic heterocycles. The van der Waals surface area contributed by atoms with E-state index in [4.69, 9.17) is 4.74 Å². The van der Waals surface area contributed by atoms with Crippen LogP contribution in [0.3, 0.4) is 0 Å². The normalized spacial score (nSPS) is 15.7. The van der Waals surface area contributed by atoms with Gasteiger partial charge in [0.25, 0.3) is 11.6 Å². The molecule has 3 heterocycles. The Labute approximate surface area is 155 Å². The van der Waals surface area contributed by atoms with Crippen molar-refractivity contribution >= 4 is 29.3 Å². The third kappa shape index (κ3) is 3.48. The molecule has 0 spiro atoms. The van der Waals surface area contributed by atoms with E-state index < -0.39 is 12.0 Å². The molecule has 26 heavy (non-hydrogen) atoms. The number of fused-ring (bicyclic) bond motifs is 1. The number of rotatable bonds is 3. The number of benzene rings is 1. The number of alkyl halides is 3. The van der Waals surface area contributed by atoms with E-state index in [0.29, 0.717) is 16.0 Å². The maximum atomic E-state index is 12.9. The summed E-state index contributed by atoms with van der Waals surface area (Å²) in [5.41, 5.74) is 1.69. The van der Waals surface area contributed by atoms with Gasteiger partial charge in [0.15, 0.2) is 0 Å². The summed E-state index contributed by atoms with van der Waals surface area (Å²) in [6.07, 6.45) is -4.64. The standard InChI is InChI=1S/C16H13F3N4OS2/c1-9-8-12(23-15(20-9)21-14(22-23)16(17,18)19)24-11-4-2-10(3-5-11)13-25-6-7-26-13/h2-5,8,13H,6-7H2,1H3. The molecule has 10 heteroatoms. The van der Waals surface area contributed by atoms with Crippen LogP contribution in [-0.2, 0) is 6.18 Å². The van der Waals surface area contributed by atoms with Crippen LogP contribution in [-0.4, -0.2) is 31.1 Å². The molecule has 0 bridgehead atoms. The van der Waals surface area contributed by atoms with Gasteiger partial charge in [-0.3, -0.25) is 0 Å². The van der Waals surface area contributed by atoms with Crippen LogP contribution in [0.4, 0.5) is 13.2 Å². The molecule has 0 N–H and O–H groups in total. The number of thioether (sulfide) groups is 2. The lowest BCUT2D eigenvalue weighted by molar-refractivity contribution is -0.144.